The van der Waals surface area contributed by atoms with Gasteiger partial charge >= 0.3 is 0 Å². The molecule has 19 heavy (non-hydrogen) atoms. The molecule has 5 heteroatoms. The van der Waals surface area contributed by atoms with Gasteiger partial charge in [0.1, 0.15) is 6.10 Å². The van der Waals surface area contributed by atoms with Crippen LogP contribution in [0.3, 0.4) is 0 Å². The minimum absolute atomic E-state index is 0.150. The van der Waals surface area contributed by atoms with Gasteiger partial charge in [-0.3, -0.25) is 0 Å². The zero-order valence-corrected chi connectivity index (χ0v) is 10.9. The number of aryl methyl sites for hydroxylation is 1. The van der Waals surface area contributed by atoms with Crippen molar-refractivity contribution in [2.45, 2.75) is 20.0 Å². The molecule has 0 aliphatic heterocycles. The van der Waals surface area contributed by atoms with Crippen molar-refractivity contribution in [1.29, 1.82) is 0 Å². The number of nitrogens with two attached hydrogens (primary N) is 1. The average molecular weight is 261 g/mol. The van der Waals surface area contributed by atoms with Gasteiger partial charge in [-0.1, -0.05) is 30.3 Å². The number of nitrogens with zero attached hydrogens (tertiary/aromatic N) is 2. The molecule has 0 radical (unpaired) electrons. The molecule has 0 saturated carbocycles. The molecule has 0 spiro atoms. The first kappa shape index (κ1) is 13.4. The number of ether oxygens (including phenoxy) is 1. The molecule has 1 heterocycles. The van der Waals surface area contributed by atoms with E-state index in [4.69, 9.17) is 10.5 Å². The summed E-state index contributed by atoms with van der Waals surface area (Å²) in [6, 6.07) is 9.55. The molecule has 0 amide bonds. The Morgan fingerprint density at radius 1 is 1.26 bits per heavy atom. The van der Waals surface area contributed by atoms with Crippen LogP contribution >= 0.6 is 0 Å². The number of nitrogen functional groups attached to an aromatic ring is 1. The largest absolute Gasteiger partial charge is 0.381 e. The van der Waals surface area contributed by atoms with Gasteiger partial charge in [-0.2, -0.15) is 0 Å². The third-order valence-electron chi connectivity index (χ3n) is 2.73. The molecule has 0 fully saturated rings. The average Bonchev–Trinajstić information content (AvgIpc) is 2.42. The number of halogens is 1. The van der Waals surface area contributed by atoms with Crippen LogP contribution in [0.1, 0.15) is 30.1 Å². The van der Waals surface area contributed by atoms with Gasteiger partial charge in [-0.15, -0.1) is 0 Å². The van der Waals surface area contributed by atoms with Gasteiger partial charge in [0.15, 0.2) is 17.5 Å². The lowest BCUT2D eigenvalue weighted by molar-refractivity contribution is 0.0849. The molecule has 100 valence electrons. The van der Waals surface area contributed by atoms with Gasteiger partial charge in [0, 0.05) is 6.61 Å². The summed E-state index contributed by atoms with van der Waals surface area (Å²) < 4.78 is 19.1. The maximum absolute atomic E-state index is 13.5. The summed E-state index contributed by atoms with van der Waals surface area (Å²) in [5, 5.41) is 0. The Balaban J connectivity index is 2.45. The van der Waals surface area contributed by atoms with Gasteiger partial charge in [-0.05, 0) is 19.4 Å². The second-order valence-electron chi connectivity index (χ2n) is 4.11. The molecule has 1 unspecified atom stereocenters. The van der Waals surface area contributed by atoms with Gasteiger partial charge in [0.05, 0.1) is 5.69 Å². The second kappa shape index (κ2) is 5.75. The first-order valence-corrected chi connectivity index (χ1v) is 6.09. The Labute approximate surface area is 111 Å². The fourth-order valence-corrected chi connectivity index (χ4v) is 1.84. The Morgan fingerprint density at radius 2 is 1.95 bits per heavy atom. The van der Waals surface area contributed by atoms with E-state index >= 15 is 0 Å². The van der Waals surface area contributed by atoms with Crippen LogP contribution in [0, 0.1) is 12.7 Å². The summed E-state index contributed by atoms with van der Waals surface area (Å²) >= 11 is 0. The summed E-state index contributed by atoms with van der Waals surface area (Å²) in [5.74, 6) is -0.348. The lowest BCUT2D eigenvalue weighted by atomic mass is 10.1. The van der Waals surface area contributed by atoms with Crippen LogP contribution in [0.25, 0.3) is 0 Å². The number of hydrogen-bond donors (Lipinski definition) is 1. The number of anilines is 1. The minimum atomic E-state index is -0.577. The molecule has 4 nitrogen and oxygen atoms in total. The van der Waals surface area contributed by atoms with E-state index in [9.17, 15) is 4.39 Å². The molecule has 0 aliphatic rings. The fraction of sp³-hybridized carbons (Fsp3) is 0.286. The molecule has 0 bridgehead atoms. The van der Waals surface area contributed by atoms with E-state index in [1.165, 1.54) is 0 Å². The quantitative estimate of drug-likeness (QED) is 0.919. The molecule has 1 aromatic carbocycles. The highest BCUT2D eigenvalue weighted by Gasteiger charge is 2.20. The maximum Gasteiger partial charge on any atom is 0.186 e. The Morgan fingerprint density at radius 3 is 2.53 bits per heavy atom. The Bertz CT molecular complexity index is 537. The van der Waals surface area contributed by atoms with E-state index in [2.05, 4.69) is 9.97 Å². The lowest BCUT2D eigenvalue weighted by Gasteiger charge is -2.17. The molecular weight excluding hydrogens is 245 g/mol. The standard InChI is InChI=1S/C14H16FN3O/c1-3-19-12(10-7-5-4-6-8-10)14-17-9(2)11(15)13(16)18-14/h4-8,12H,3H2,1-2H3,(H2,16,17,18). The number of benzene rings is 1. The van der Waals surface area contributed by atoms with E-state index in [0.29, 0.717) is 12.4 Å². The zero-order chi connectivity index (χ0) is 13.8. The van der Waals surface area contributed by atoms with Crippen LogP contribution in [0.15, 0.2) is 30.3 Å². The predicted octanol–water partition coefficient (Wildman–Crippen LogP) is 2.63. The lowest BCUT2D eigenvalue weighted by Crippen LogP contribution is -2.14. The van der Waals surface area contributed by atoms with Crippen LogP contribution in [0.4, 0.5) is 10.2 Å². The summed E-state index contributed by atoms with van der Waals surface area (Å²) in [6.07, 6.45) is -0.437. The molecule has 2 rings (SSSR count). The fourth-order valence-electron chi connectivity index (χ4n) is 1.84. The second-order valence-corrected chi connectivity index (χ2v) is 4.11. The van der Waals surface area contributed by atoms with E-state index in [-0.39, 0.29) is 11.5 Å². The van der Waals surface area contributed by atoms with Crippen LogP contribution in [-0.2, 0) is 4.74 Å². The normalized spacial score (nSPS) is 12.4. The van der Waals surface area contributed by atoms with E-state index < -0.39 is 11.9 Å². The van der Waals surface area contributed by atoms with Crippen molar-refractivity contribution < 1.29 is 9.13 Å². The van der Waals surface area contributed by atoms with Crippen molar-refractivity contribution in [2.24, 2.45) is 0 Å². The van der Waals surface area contributed by atoms with Gasteiger partial charge < -0.3 is 10.5 Å². The van der Waals surface area contributed by atoms with E-state index in [1.54, 1.807) is 6.92 Å². The highest BCUT2D eigenvalue weighted by atomic mass is 19.1. The van der Waals surface area contributed by atoms with Gasteiger partial charge in [-0.25, -0.2) is 14.4 Å². The van der Waals surface area contributed by atoms with Crippen molar-refractivity contribution >= 4 is 5.82 Å². The smallest absolute Gasteiger partial charge is 0.186 e. The third-order valence-corrected chi connectivity index (χ3v) is 2.73. The van der Waals surface area contributed by atoms with Crippen LogP contribution in [0.2, 0.25) is 0 Å². The monoisotopic (exact) mass is 261 g/mol. The zero-order valence-electron chi connectivity index (χ0n) is 10.9. The number of aromatic nitrogens is 2. The molecule has 1 atom stereocenters. The topological polar surface area (TPSA) is 61.0 Å². The van der Waals surface area contributed by atoms with Crippen molar-refractivity contribution in [1.82, 2.24) is 9.97 Å². The molecule has 0 saturated heterocycles. The Hall–Kier alpha value is -2.01. The van der Waals surface area contributed by atoms with Crippen LogP contribution < -0.4 is 5.73 Å². The minimum Gasteiger partial charge on any atom is -0.381 e. The van der Waals surface area contributed by atoms with Crippen molar-refractivity contribution in [3.05, 3.63) is 53.2 Å². The number of hydrogen-bond acceptors (Lipinski definition) is 4. The van der Waals surface area contributed by atoms with Crippen LogP contribution in [-0.4, -0.2) is 16.6 Å². The molecular formula is C14H16FN3O. The summed E-state index contributed by atoms with van der Waals surface area (Å²) in [6.45, 7) is 3.94. The van der Waals surface area contributed by atoms with Gasteiger partial charge in [0.2, 0.25) is 0 Å². The number of rotatable bonds is 4. The van der Waals surface area contributed by atoms with E-state index in [1.807, 2.05) is 37.3 Å². The van der Waals surface area contributed by atoms with E-state index in [0.717, 1.165) is 5.56 Å². The first-order valence-electron chi connectivity index (χ1n) is 6.09. The van der Waals surface area contributed by atoms with Crippen molar-refractivity contribution in [3.8, 4) is 0 Å². The molecule has 1 aromatic heterocycles. The first-order chi connectivity index (χ1) is 9.13. The van der Waals surface area contributed by atoms with Crippen molar-refractivity contribution in [2.75, 3.05) is 12.3 Å². The van der Waals surface area contributed by atoms with Crippen LogP contribution in [0.5, 0.6) is 0 Å². The summed E-state index contributed by atoms with van der Waals surface area (Å²) in [4.78, 5) is 8.13. The predicted molar refractivity (Wildman–Crippen MR) is 71.1 cm³/mol. The molecule has 2 aromatic rings. The third kappa shape index (κ3) is 2.88. The summed E-state index contributed by atoms with van der Waals surface area (Å²) in [5.41, 5.74) is 6.69. The molecule has 2 N–H and O–H groups in total. The van der Waals surface area contributed by atoms with Gasteiger partial charge in [0.25, 0.3) is 0 Å². The summed E-state index contributed by atoms with van der Waals surface area (Å²) in [7, 11) is 0. The highest BCUT2D eigenvalue weighted by Crippen LogP contribution is 2.24. The molecule has 0 aliphatic carbocycles. The maximum atomic E-state index is 13.5. The van der Waals surface area contributed by atoms with Crippen molar-refractivity contribution in [3.63, 3.8) is 0 Å². The Kier molecular flexibility index (Phi) is 4.06. The SMILES string of the molecule is CCOC(c1ccccc1)c1nc(C)c(F)c(N)n1. The highest BCUT2D eigenvalue weighted by molar-refractivity contribution is 5.34.